The second-order valence-electron chi connectivity index (χ2n) is 2.93. The summed E-state index contributed by atoms with van der Waals surface area (Å²) in [5.41, 5.74) is 10.1. The Labute approximate surface area is 93.3 Å². The molecule has 0 aliphatic carbocycles. The molecule has 86 valence electrons. The molecule has 5 N–H and O–H groups in total. The van der Waals surface area contributed by atoms with Crippen molar-refractivity contribution in [3.63, 3.8) is 0 Å². The van der Waals surface area contributed by atoms with Gasteiger partial charge in [-0.3, -0.25) is 9.59 Å². The number of ether oxygens (including phenoxy) is 1. The predicted octanol–water partition coefficient (Wildman–Crippen LogP) is -1.47. The first-order valence-corrected chi connectivity index (χ1v) is 4.79. The zero-order valence-corrected chi connectivity index (χ0v) is 9.30. The van der Waals surface area contributed by atoms with E-state index in [9.17, 15) is 9.59 Å². The molecule has 15 heavy (non-hydrogen) atoms. The minimum Gasteiger partial charge on any atom is -0.393 e. The van der Waals surface area contributed by atoms with E-state index in [0.29, 0.717) is 6.54 Å². The summed E-state index contributed by atoms with van der Waals surface area (Å²) >= 11 is 4.65. The van der Waals surface area contributed by atoms with E-state index in [1.165, 1.54) is 0 Å². The van der Waals surface area contributed by atoms with Crippen molar-refractivity contribution < 1.29 is 14.3 Å². The van der Waals surface area contributed by atoms with Crippen LogP contribution in [0, 0.1) is 5.92 Å². The summed E-state index contributed by atoms with van der Waals surface area (Å²) in [5, 5.41) is 2.55. The quantitative estimate of drug-likeness (QED) is 0.367. The van der Waals surface area contributed by atoms with Crippen LogP contribution in [-0.4, -0.2) is 36.6 Å². The Morgan fingerprint density at radius 1 is 1.47 bits per heavy atom. The summed E-state index contributed by atoms with van der Waals surface area (Å²) in [6.07, 6.45) is 0. The maximum absolute atomic E-state index is 11.3. The molecular formula is C8H15N3O3S. The molecule has 2 amide bonds. The first-order chi connectivity index (χ1) is 6.95. The van der Waals surface area contributed by atoms with Crippen LogP contribution in [0.15, 0.2) is 0 Å². The van der Waals surface area contributed by atoms with Gasteiger partial charge >= 0.3 is 0 Å². The van der Waals surface area contributed by atoms with Gasteiger partial charge in [-0.05, 0) is 6.92 Å². The van der Waals surface area contributed by atoms with E-state index in [1.54, 1.807) is 6.92 Å². The molecule has 0 aliphatic heterocycles. The van der Waals surface area contributed by atoms with E-state index in [1.807, 2.05) is 0 Å². The van der Waals surface area contributed by atoms with Crippen molar-refractivity contribution in [2.24, 2.45) is 17.4 Å². The lowest BCUT2D eigenvalue weighted by Gasteiger charge is -2.10. The first kappa shape index (κ1) is 13.8. The van der Waals surface area contributed by atoms with Crippen LogP contribution < -0.4 is 16.8 Å². The molecule has 1 unspecified atom stereocenters. The monoisotopic (exact) mass is 233 g/mol. The molecule has 0 rings (SSSR count). The lowest BCUT2D eigenvalue weighted by Crippen LogP contribution is -2.37. The van der Waals surface area contributed by atoms with Gasteiger partial charge < -0.3 is 21.5 Å². The van der Waals surface area contributed by atoms with Crippen molar-refractivity contribution in [3.05, 3.63) is 0 Å². The maximum atomic E-state index is 11.3. The summed E-state index contributed by atoms with van der Waals surface area (Å²) in [6.45, 7) is 1.97. The Hall–Kier alpha value is -1.21. The highest BCUT2D eigenvalue weighted by Gasteiger charge is 2.14. The number of hydrogen-bond acceptors (Lipinski definition) is 4. The molecule has 0 bridgehead atoms. The summed E-state index contributed by atoms with van der Waals surface area (Å²) in [4.78, 5) is 21.7. The van der Waals surface area contributed by atoms with Gasteiger partial charge in [-0.15, -0.1) is 0 Å². The molecule has 0 aliphatic rings. The number of thiocarbonyl (C=S) groups is 1. The second kappa shape index (κ2) is 7.13. The van der Waals surface area contributed by atoms with Crippen LogP contribution >= 0.6 is 12.2 Å². The molecule has 0 heterocycles. The average molecular weight is 233 g/mol. The molecule has 0 aromatic carbocycles. The number of nitrogens with two attached hydrogens (primary N) is 2. The highest BCUT2D eigenvalue weighted by atomic mass is 32.1. The Morgan fingerprint density at radius 2 is 2.07 bits per heavy atom. The Balaban J connectivity index is 3.55. The molecule has 0 fully saturated rings. The first-order valence-electron chi connectivity index (χ1n) is 4.38. The number of hydrogen-bond donors (Lipinski definition) is 3. The van der Waals surface area contributed by atoms with Gasteiger partial charge in [0.25, 0.3) is 0 Å². The molecule has 0 aromatic rings. The molecule has 1 atom stereocenters. The third-order valence-corrected chi connectivity index (χ3v) is 1.96. The van der Waals surface area contributed by atoms with E-state index in [-0.39, 0.29) is 24.1 Å². The lowest BCUT2D eigenvalue weighted by atomic mass is 10.2. The van der Waals surface area contributed by atoms with Gasteiger partial charge in [0.2, 0.25) is 11.8 Å². The van der Waals surface area contributed by atoms with E-state index >= 15 is 0 Å². The maximum Gasteiger partial charge on any atom is 0.243 e. The number of rotatable bonds is 7. The van der Waals surface area contributed by atoms with Crippen LogP contribution in [0.4, 0.5) is 0 Å². The minimum atomic E-state index is -0.544. The summed E-state index contributed by atoms with van der Waals surface area (Å²) < 4.78 is 4.83. The normalized spacial score (nSPS) is 11.8. The molecule has 0 radical (unpaired) electrons. The molecule has 6 nitrogen and oxygen atoms in total. The van der Waals surface area contributed by atoms with Crippen molar-refractivity contribution in [2.75, 3.05) is 19.8 Å². The fourth-order valence-electron chi connectivity index (χ4n) is 0.701. The Morgan fingerprint density at radius 3 is 2.53 bits per heavy atom. The number of amides is 2. The third kappa shape index (κ3) is 6.81. The fraction of sp³-hybridized carbons (Fsp3) is 0.625. The van der Waals surface area contributed by atoms with Crippen LogP contribution in [0.25, 0.3) is 0 Å². The van der Waals surface area contributed by atoms with Gasteiger partial charge in [-0.25, -0.2) is 0 Å². The lowest BCUT2D eigenvalue weighted by molar-refractivity contribution is -0.123. The van der Waals surface area contributed by atoms with E-state index in [0.717, 1.165) is 0 Å². The van der Waals surface area contributed by atoms with Crippen LogP contribution in [0.3, 0.4) is 0 Å². The molecule has 0 spiro atoms. The highest BCUT2D eigenvalue weighted by Crippen LogP contribution is 1.93. The van der Waals surface area contributed by atoms with Gasteiger partial charge in [0.05, 0.1) is 17.5 Å². The molecule has 0 saturated heterocycles. The van der Waals surface area contributed by atoms with Crippen LogP contribution in [0.1, 0.15) is 6.92 Å². The number of nitrogens with one attached hydrogen (secondary N) is 1. The summed E-state index contributed by atoms with van der Waals surface area (Å²) in [5.74, 6) is -1.31. The molecule has 0 saturated carbocycles. The standard InChI is InChI=1S/C8H15N3O3S/c1-5(7(10)15)8(13)11-2-3-14-4-6(9)12/h5H,2-4H2,1H3,(H2,9,12)(H2,10,15)(H,11,13). The smallest absolute Gasteiger partial charge is 0.243 e. The van der Waals surface area contributed by atoms with E-state index < -0.39 is 11.8 Å². The average Bonchev–Trinajstić information content (AvgIpc) is 2.15. The second-order valence-corrected chi connectivity index (χ2v) is 3.41. The number of carbonyl (C=O) groups excluding carboxylic acids is 2. The number of carbonyl (C=O) groups is 2. The third-order valence-electron chi connectivity index (χ3n) is 1.61. The van der Waals surface area contributed by atoms with Crippen LogP contribution in [0.5, 0.6) is 0 Å². The minimum absolute atomic E-state index is 0.144. The van der Waals surface area contributed by atoms with Crippen LogP contribution in [0.2, 0.25) is 0 Å². The SMILES string of the molecule is CC(C(=O)NCCOCC(N)=O)C(N)=S. The van der Waals surface area contributed by atoms with E-state index in [2.05, 4.69) is 17.5 Å². The number of primary amides is 1. The predicted molar refractivity (Wildman–Crippen MR) is 59.0 cm³/mol. The largest absolute Gasteiger partial charge is 0.393 e. The van der Waals surface area contributed by atoms with Crippen molar-refractivity contribution in [1.29, 1.82) is 0 Å². The van der Waals surface area contributed by atoms with Gasteiger partial charge in [0.1, 0.15) is 6.61 Å². The highest BCUT2D eigenvalue weighted by molar-refractivity contribution is 7.80. The molecular weight excluding hydrogens is 218 g/mol. The topological polar surface area (TPSA) is 107 Å². The van der Waals surface area contributed by atoms with E-state index in [4.69, 9.17) is 16.2 Å². The van der Waals surface area contributed by atoms with Crippen LogP contribution in [-0.2, 0) is 14.3 Å². The van der Waals surface area contributed by atoms with Crippen molar-refractivity contribution in [2.45, 2.75) is 6.92 Å². The molecule has 0 aromatic heterocycles. The van der Waals surface area contributed by atoms with Gasteiger partial charge in [0, 0.05) is 6.54 Å². The van der Waals surface area contributed by atoms with Crippen molar-refractivity contribution in [3.8, 4) is 0 Å². The fourth-order valence-corrected chi connectivity index (χ4v) is 0.808. The Kier molecular flexibility index (Phi) is 6.56. The Bertz CT molecular complexity index is 258. The summed E-state index contributed by atoms with van der Waals surface area (Å²) in [6, 6.07) is 0. The van der Waals surface area contributed by atoms with Gasteiger partial charge in [0.15, 0.2) is 0 Å². The zero-order valence-electron chi connectivity index (χ0n) is 8.49. The van der Waals surface area contributed by atoms with Gasteiger partial charge in [-0.2, -0.15) is 0 Å². The zero-order chi connectivity index (χ0) is 11.8. The molecule has 7 heteroatoms. The summed E-state index contributed by atoms with van der Waals surface area (Å²) in [7, 11) is 0. The van der Waals surface area contributed by atoms with Gasteiger partial charge in [-0.1, -0.05) is 12.2 Å². The van der Waals surface area contributed by atoms with Crippen molar-refractivity contribution >= 4 is 29.0 Å². The van der Waals surface area contributed by atoms with Crippen molar-refractivity contribution in [1.82, 2.24) is 5.32 Å².